The lowest BCUT2D eigenvalue weighted by Crippen LogP contribution is -2.26. The van der Waals surface area contributed by atoms with E-state index < -0.39 is 5.97 Å². The Bertz CT molecular complexity index is 451. The zero-order valence-electron chi connectivity index (χ0n) is 10.5. The van der Waals surface area contributed by atoms with Gasteiger partial charge in [0.25, 0.3) is 0 Å². The van der Waals surface area contributed by atoms with E-state index in [1.54, 1.807) is 24.5 Å². The second kappa shape index (κ2) is 6.96. The summed E-state index contributed by atoms with van der Waals surface area (Å²) in [5.74, 6) is -0.936. The Morgan fingerprint density at radius 1 is 1.50 bits per heavy atom. The van der Waals surface area contributed by atoms with Crippen LogP contribution in [-0.2, 0) is 9.59 Å². The molecule has 4 nitrogen and oxygen atoms in total. The van der Waals surface area contributed by atoms with Crippen molar-refractivity contribution in [1.82, 2.24) is 4.90 Å². The van der Waals surface area contributed by atoms with Crippen LogP contribution in [-0.4, -0.2) is 35.5 Å². The van der Waals surface area contributed by atoms with E-state index in [1.165, 1.54) is 11.0 Å². The van der Waals surface area contributed by atoms with Gasteiger partial charge in [0.05, 0.1) is 0 Å². The molecule has 5 heteroatoms. The Kier molecular flexibility index (Phi) is 5.58. The molecule has 1 N–H and O–H groups in total. The van der Waals surface area contributed by atoms with Crippen molar-refractivity contribution in [3.63, 3.8) is 0 Å². The van der Waals surface area contributed by atoms with E-state index in [9.17, 15) is 9.59 Å². The monoisotopic (exact) mass is 267 g/mol. The molecule has 0 fully saturated rings. The van der Waals surface area contributed by atoms with Crippen LogP contribution < -0.4 is 0 Å². The van der Waals surface area contributed by atoms with Gasteiger partial charge in [-0.15, -0.1) is 11.3 Å². The molecule has 1 aromatic heterocycles. The number of carbonyl (C=O) groups is 2. The first-order valence-electron chi connectivity index (χ1n) is 5.69. The van der Waals surface area contributed by atoms with Crippen molar-refractivity contribution >= 4 is 29.3 Å². The van der Waals surface area contributed by atoms with Gasteiger partial charge in [0, 0.05) is 31.0 Å². The lowest BCUT2D eigenvalue weighted by atomic mass is 10.2. The molecule has 0 radical (unpaired) electrons. The van der Waals surface area contributed by atoms with Crippen molar-refractivity contribution in [3.05, 3.63) is 28.0 Å². The fraction of sp³-hybridized carbons (Fsp3) is 0.385. The first-order valence-corrected chi connectivity index (χ1v) is 6.57. The molecular formula is C13H17NO3S. The summed E-state index contributed by atoms with van der Waals surface area (Å²) in [4.78, 5) is 24.7. The minimum absolute atomic E-state index is 0.0887. The SMILES string of the molecule is Cc1ccsc1/C=C/C(=O)N(C)CCCC(=O)O. The van der Waals surface area contributed by atoms with Crippen LogP contribution >= 0.6 is 11.3 Å². The van der Waals surface area contributed by atoms with Gasteiger partial charge >= 0.3 is 5.97 Å². The highest BCUT2D eigenvalue weighted by Gasteiger charge is 2.06. The first kappa shape index (κ1) is 14.4. The van der Waals surface area contributed by atoms with Crippen LogP contribution in [0.25, 0.3) is 6.08 Å². The van der Waals surface area contributed by atoms with Crippen LogP contribution in [0.3, 0.4) is 0 Å². The normalized spacial score (nSPS) is 10.8. The number of hydrogen-bond acceptors (Lipinski definition) is 3. The summed E-state index contributed by atoms with van der Waals surface area (Å²) < 4.78 is 0. The van der Waals surface area contributed by atoms with Crippen molar-refractivity contribution in [1.29, 1.82) is 0 Å². The van der Waals surface area contributed by atoms with Gasteiger partial charge in [-0.05, 0) is 36.4 Å². The van der Waals surface area contributed by atoms with Gasteiger partial charge in [-0.1, -0.05) is 0 Å². The number of aliphatic carboxylic acids is 1. The van der Waals surface area contributed by atoms with Crippen molar-refractivity contribution in [2.45, 2.75) is 19.8 Å². The van der Waals surface area contributed by atoms with Crippen LogP contribution in [0.1, 0.15) is 23.3 Å². The molecule has 0 unspecified atom stereocenters. The third-order valence-electron chi connectivity index (χ3n) is 2.54. The summed E-state index contributed by atoms with van der Waals surface area (Å²) in [5.41, 5.74) is 1.15. The van der Waals surface area contributed by atoms with E-state index in [1.807, 2.05) is 18.4 Å². The Hall–Kier alpha value is -1.62. The lowest BCUT2D eigenvalue weighted by Gasteiger charge is -2.13. The number of carboxylic acids is 1. The summed E-state index contributed by atoms with van der Waals surface area (Å²) >= 11 is 1.59. The van der Waals surface area contributed by atoms with Crippen LogP contribution in [0.15, 0.2) is 17.5 Å². The average Bonchev–Trinajstić information content (AvgIpc) is 2.71. The lowest BCUT2D eigenvalue weighted by molar-refractivity contribution is -0.137. The summed E-state index contributed by atoms with van der Waals surface area (Å²) in [6.07, 6.45) is 3.89. The predicted molar refractivity (Wildman–Crippen MR) is 72.6 cm³/mol. The third-order valence-corrected chi connectivity index (χ3v) is 3.52. The molecule has 0 spiro atoms. The van der Waals surface area contributed by atoms with Crippen LogP contribution in [0.5, 0.6) is 0 Å². The molecule has 0 aromatic carbocycles. The Morgan fingerprint density at radius 3 is 2.78 bits per heavy atom. The molecule has 0 saturated heterocycles. The van der Waals surface area contributed by atoms with Gasteiger partial charge in [-0.3, -0.25) is 9.59 Å². The van der Waals surface area contributed by atoms with E-state index >= 15 is 0 Å². The summed E-state index contributed by atoms with van der Waals surface area (Å²) in [5, 5.41) is 10.5. The molecule has 1 aromatic rings. The molecule has 0 saturated carbocycles. The number of aryl methyl sites for hydroxylation is 1. The number of hydrogen-bond donors (Lipinski definition) is 1. The van der Waals surface area contributed by atoms with Gasteiger partial charge in [0.2, 0.25) is 5.91 Å². The van der Waals surface area contributed by atoms with Gasteiger partial charge in [-0.2, -0.15) is 0 Å². The molecule has 18 heavy (non-hydrogen) atoms. The van der Waals surface area contributed by atoms with E-state index in [0.29, 0.717) is 13.0 Å². The molecule has 0 aliphatic rings. The van der Waals surface area contributed by atoms with Crippen molar-refractivity contribution in [2.75, 3.05) is 13.6 Å². The molecule has 98 valence electrons. The standard InChI is InChI=1S/C13H17NO3S/c1-10-7-9-18-11(10)5-6-12(15)14(2)8-3-4-13(16)17/h5-7,9H,3-4,8H2,1-2H3,(H,16,17)/b6-5+. The second-order valence-corrected chi connectivity index (χ2v) is 5.01. The van der Waals surface area contributed by atoms with Crippen LogP contribution in [0, 0.1) is 6.92 Å². The Morgan fingerprint density at radius 2 is 2.22 bits per heavy atom. The molecular weight excluding hydrogens is 250 g/mol. The maximum atomic E-state index is 11.7. The molecule has 1 heterocycles. The summed E-state index contributed by atoms with van der Waals surface area (Å²) in [7, 11) is 1.68. The average molecular weight is 267 g/mol. The maximum Gasteiger partial charge on any atom is 0.303 e. The highest BCUT2D eigenvalue weighted by atomic mass is 32.1. The highest BCUT2D eigenvalue weighted by molar-refractivity contribution is 7.11. The van der Waals surface area contributed by atoms with Gasteiger partial charge in [-0.25, -0.2) is 0 Å². The minimum atomic E-state index is -0.833. The zero-order chi connectivity index (χ0) is 13.5. The number of thiophene rings is 1. The zero-order valence-corrected chi connectivity index (χ0v) is 11.4. The Balaban J connectivity index is 2.42. The summed E-state index contributed by atoms with van der Waals surface area (Å²) in [6, 6.07) is 2.01. The molecule has 1 rings (SSSR count). The first-order chi connectivity index (χ1) is 8.50. The smallest absolute Gasteiger partial charge is 0.303 e. The number of rotatable bonds is 6. The highest BCUT2D eigenvalue weighted by Crippen LogP contribution is 2.17. The fourth-order valence-electron chi connectivity index (χ4n) is 1.41. The van der Waals surface area contributed by atoms with E-state index in [0.717, 1.165) is 10.4 Å². The number of nitrogens with zero attached hydrogens (tertiary/aromatic N) is 1. The van der Waals surface area contributed by atoms with Crippen LogP contribution in [0.2, 0.25) is 0 Å². The van der Waals surface area contributed by atoms with E-state index in [4.69, 9.17) is 5.11 Å². The molecule has 0 bridgehead atoms. The largest absolute Gasteiger partial charge is 0.481 e. The number of carbonyl (C=O) groups excluding carboxylic acids is 1. The predicted octanol–water partition coefficient (Wildman–Crippen LogP) is 2.39. The van der Waals surface area contributed by atoms with Crippen molar-refractivity contribution in [2.24, 2.45) is 0 Å². The van der Waals surface area contributed by atoms with Crippen molar-refractivity contribution < 1.29 is 14.7 Å². The van der Waals surface area contributed by atoms with Gasteiger partial charge in [0.1, 0.15) is 0 Å². The summed E-state index contributed by atoms with van der Waals surface area (Å²) in [6.45, 7) is 2.45. The molecule has 0 aliphatic heterocycles. The van der Waals surface area contributed by atoms with Crippen LogP contribution in [0.4, 0.5) is 0 Å². The second-order valence-electron chi connectivity index (χ2n) is 4.06. The van der Waals surface area contributed by atoms with Gasteiger partial charge < -0.3 is 10.0 Å². The quantitative estimate of drug-likeness (QED) is 0.805. The van der Waals surface area contributed by atoms with Gasteiger partial charge in [0.15, 0.2) is 0 Å². The molecule has 1 amide bonds. The number of likely N-dealkylation sites (N-methyl/N-ethyl adjacent to an activating group) is 1. The minimum Gasteiger partial charge on any atom is -0.481 e. The van der Waals surface area contributed by atoms with E-state index in [2.05, 4.69) is 0 Å². The number of amides is 1. The fourth-order valence-corrected chi connectivity index (χ4v) is 2.23. The number of carboxylic acid groups (broad SMARTS) is 1. The maximum absolute atomic E-state index is 11.7. The van der Waals surface area contributed by atoms with E-state index in [-0.39, 0.29) is 12.3 Å². The van der Waals surface area contributed by atoms with Crippen molar-refractivity contribution in [3.8, 4) is 0 Å². The molecule has 0 aliphatic carbocycles. The topological polar surface area (TPSA) is 57.6 Å². The third kappa shape index (κ3) is 4.71. The molecule has 0 atom stereocenters. The Labute approximate surface area is 111 Å².